The number of piperidine rings is 1. The topological polar surface area (TPSA) is 81.4 Å². The Morgan fingerprint density at radius 2 is 1.93 bits per heavy atom. The van der Waals surface area contributed by atoms with E-state index in [1.165, 1.54) is 17.4 Å². The van der Waals surface area contributed by atoms with Crippen molar-refractivity contribution in [2.45, 2.75) is 50.7 Å². The van der Waals surface area contributed by atoms with E-state index in [9.17, 15) is 8.42 Å². The van der Waals surface area contributed by atoms with Gasteiger partial charge in [0.25, 0.3) is 0 Å². The largest absolute Gasteiger partial charge is 0.494 e. The van der Waals surface area contributed by atoms with Crippen molar-refractivity contribution < 1.29 is 13.2 Å². The quantitative estimate of drug-likeness (QED) is 0.691. The minimum atomic E-state index is -3.14. The maximum atomic E-state index is 12.9. The molecule has 2 aliphatic rings. The lowest BCUT2D eigenvalue weighted by Crippen LogP contribution is -2.45. The van der Waals surface area contributed by atoms with E-state index in [1.54, 1.807) is 0 Å². The molecule has 1 aliphatic carbocycles. The number of hydrogen-bond donors (Lipinski definition) is 2. The van der Waals surface area contributed by atoms with Crippen molar-refractivity contribution >= 4 is 9.84 Å². The lowest BCUT2D eigenvalue weighted by Gasteiger charge is -2.40. The summed E-state index contributed by atoms with van der Waals surface area (Å²) in [5.41, 5.74) is 8.68. The molecule has 0 spiro atoms. The second-order valence-electron chi connectivity index (χ2n) is 8.49. The third-order valence-electron chi connectivity index (χ3n) is 6.63. The van der Waals surface area contributed by atoms with Crippen LogP contribution in [-0.2, 0) is 22.7 Å². The van der Waals surface area contributed by atoms with Crippen molar-refractivity contribution in [2.75, 3.05) is 32.5 Å². The van der Waals surface area contributed by atoms with Gasteiger partial charge in [-0.25, -0.2) is 8.42 Å². The fourth-order valence-corrected chi connectivity index (χ4v) is 7.40. The van der Waals surface area contributed by atoms with Gasteiger partial charge >= 0.3 is 0 Å². The number of sulfone groups is 1. The van der Waals surface area contributed by atoms with Crippen molar-refractivity contribution in [3.63, 3.8) is 0 Å². The van der Waals surface area contributed by atoms with Crippen molar-refractivity contribution in [2.24, 2.45) is 23.5 Å². The van der Waals surface area contributed by atoms with E-state index in [4.69, 9.17) is 10.5 Å². The van der Waals surface area contributed by atoms with Gasteiger partial charge in [0, 0.05) is 6.26 Å². The second kappa shape index (κ2) is 9.59. The van der Waals surface area contributed by atoms with E-state index in [-0.39, 0.29) is 17.1 Å². The molecular formula is C22H36N2O3S. The molecule has 158 valence electrons. The first-order valence-corrected chi connectivity index (χ1v) is 12.7. The van der Waals surface area contributed by atoms with E-state index in [0.29, 0.717) is 19.1 Å². The zero-order valence-corrected chi connectivity index (χ0v) is 18.1. The van der Waals surface area contributed by atoms with Gasteiger partial charge in [-0.1, -0.05) is 6.07 Å². The zero-order chi connectivity index (χ0) is 20.1. The molecule has 3 unspecified atom stereocenters. The molecule has 0 radical (unpaired) electrons. The standard InChI is InChI=1S/C22H36N2O3S/c1-3-27-20-7-6-16-4-5-18(14-19(16)15-20)21(8-11-23)22(28(2,25)26)17-9-12-24-13-10-17/h6-7,15,17-18,21-22,24H,3-5,8-14,23H2,1-2H3. The molecule has 6 heteroatoms. The molecule has 1 aromatic carbocycles. The van der Waals surface area contributed by atoms with Gasteiger partial charge in [-0.15, -0.1) is 0 Å². The van der Waals surface area contributed by atoms with Crippen LogP contribution in [-0.4, -0.2) is 46.2 Å². The minimum absolute atomic E-state index is 0.131. The monoisotopic (exact) mass is 408 g/mol. The average Bonchev–Trinajstić information content (AvgIpc) is 2.67. The molecule has 5 nitrogen and oxygen atoms in total. The van der Waals surface area contributed by atoms with Gasteiger partial charge < -0.3 is 15.8 Å². The van der Waals surface area contributed by atoms with Gasteiger partial charge in [0.15, 0.2) is 9.84 Å². The van der Waals surface area contributed by atoms with Gasteiger partial charge in [0.1, 0.15) is 5.75 Å². The molecule has 3 rings (SSSR count). The van der Waals surface area contributed by atoms with Crippen LogP contribution in [0.3, 0.4) is 0 Å². The molecule has 1 saturated heterocycles. The second-order valence-corrected chi connectivity index (χ2v) is 10.7. The Hall–Kier alpha value is -1.11. The number of benzene rings is 1. The summed E-state index contributed by atoms with van der Waals surface area (Å²) < 4.78 is 31.5. The summed E-state index contributed by atoms with van der Waals surface area (Å²) in [6.07, 6.45) is 7.09. The Labute approximate surface area is 170 Å². The summed E-state index contributed by atoms with van der Waals surface area (Å²) in [5.74, 6) is 1.65. The van der Waals surface area contributed by atoms with Crippen LogP contribution in [0.1, 0.15) is 43.7 Å². The van der Waals surface area contributed by atoms with Crippen LogP contribution in [0.2, 0.25) is 0 Å². The summed E-state index contributed by atoms with van der Waals surface area (Å²) in [4.78, 5) is 0. The Kier molecular flexibility index (Phi) is 7.40. The summed E-state index contributed by atoms with van der Waals surface area (Å²) in [6, 6.07) is 6.38. The molecule has 3 atom stereocenters. The zero-order valence-electron chi connectivity index (χ0n) is 17.3. The Balaban J connectivity index is 1.87. The molecular weight excluding hydrogens is 372 g/mol. The van der Waals surface area contributed by atoms with Gasteiger partial charge in [-0.2, -0.15) is 0 Å². The van der Waals surface area contributed by atoms with E-state index < -0.39 is 9.84 Å². The fraction of sp³-hybridized carbons (Fsp3) is 0.727. The van der Waals surface area contributed by atoms with Gasteiger partial charge in [0.05, 0.1) is 11.9 Å². The number of nitrogens with two attached hydrogens (primary N) is 1. The Morgan fingerprint density at radius 1 is 1.18 bits per heavy atom. The van der Waals surface area contributed by atoms with Crippen LogP contribution in [0, 0.1) is 17.8 Å². The first-order valence-electron chi connectivity index (χ1n) is 10.8. The van der Waals surface area contributed by atoms with Crippen molar-refractivity contribution in [1.29, 1.82) is 0 Å². The van der Waals surface area contributed by atoms with E-state index in [0.717, 1.165) is 57.4 Å². The van der Waals surface area contributed by atoms with Gasteiger partial charge in [-0.3, -0.25) is 0 Å². The lowest BCUT2D eigenvalue weighted by molar-refractivity contribution is 0.214. The highest BCUT2D eigenvalue weighted by Crippen LogP contribution is 2.40. The lowest BCUT2D eigenvalue weighted by atomic mass is 9.71. The van der Waals surface area contributed by atoms with Crippen molar-refractivity contribution in [3.05, 3.63) is 29.3 Å². The highest BCUT2D eigenvalue weighted by Gasteiger charge is 2.41. The number of rotatable bonds is 8. The maximum absolute atomic E-state index is 12.9. The van der Waals surface area contributed by atoms with Crippen LogP contribution >= 0.6 is 0 Å². The van der Waals surface area contributed by atoms with Crippen LogP contribution < -0.4 is 15.8 Å². The highest BCUT2D eigenvalue weighted by atomic mass is 32.2. The number of aryl methyl sites for hydroxylation is 1. The molecule has 1 aliphatic heterocycles. The normalized spacial score (nSPS) is 23.0. The number of ether oxygens (including phenoxy) is 1. The molecule has 1 heterocycles. The first-order chi connectivity index (χ1) is 13.4. The van der Waals surface area contributed by atoms with Crippen LogP contribution in [0.5, 0.6) is 5.75 Å². The van der Waals surface area contributed by atoms with Crippen molar-refractivity contribution in [3.8, 4) is 5.75 Å². The van der Waals surface area contributed by atoms with Crippen LogP contribution in [0.4, 0.5) is 0 Å². The Bertz CT molecular complexity index is 744. The van der Waals surface area contributed by atoms with Crippen LogP contribution in [0.15, 0.2) is 18.2 Å². The first kappa shape index (κ1) is 21.6. The third kappa shape index (κ3) is 5.08. The molecule has 0 aromatic heterocycles. The molecule has 1 aromatic rings. The minimum Gasteiger partial charge on any atom is -0.494 e. The smallest absolute Gasteiger partial charge is 0.150 e. The fourth-order valence-electron chi connectivity index (χ4n) is 5.43. The maximum Gasteiger partial charge on any atom is 0.150 e. The molecule has 0 saturated carbocycles. The predicted octanol–water partition coefficient (Wildman–Crippen LogP) is 2.57. The number of fused-ring (bicyclic) bond motifs is 1. The number of nitrogens with one attached hydrogen (secondary N) is 1. The highest BCUT2D eigenvalue weighted by molar-refractivity contribution is 7.91. The molecule has 28 heavy (non-hydrogen) atoms. The molecule has 3 N–H and O–H groups in total. The van der Waals surface area contributed by atoms with E-state index in [1.807, 2.05) is 13.0 Å². The summed E-state index contributed by atoms with van der Waals surface area (Å²) in [7, 11) is -3.14. The van der Waals surface area contributed by atoms with Gasteiger partial charge in [-0.05, 0) is 106 Å². The summed E-state index contributed by atoms with van der Waals surface area (Å²) >= 11 is 0. The molecule has 0 amide bonds. The predicted molar refractivity (Wildman–Crippen MR) is 115 cm³/mol. The molecule has 0 bridgehead atoms. The van der Waals surface area contributed by atoms with E-state index >= 15 is 0 Å². The van der Waals surface area contributed by atoms with Gasteiger partial charge in [0.2, 0.25) is 0 Å². The molecule has 1 fully saturated rings. The summed E-state index contributed by atoms with van der Waals surface area (Å²) in [6.45, 7) is 5.03. The summed E-state index contributed by atoms with van der Waals surface area (Å²) in [5, 5.41) is 3.09. The Morgan fingerprint density at radius 3 is 2.57 bits per heavy atom. The number of hydrogen-bond acceptors (Lipinski definition) is 5. The average molecular weight is 409 g/mol. The van der Waals surface area contributed by atoms with Crippen LogP contribution in [0.25, 0.3) is 0 Å². The SMILES string of the molecule is CCOc1ccc2c(c1)CC(C(CCN)C(C1CCNCC1)S(C)(=O)=O)CC2. The van der Waals surface area contributed by atoms with Crippen molar-refractivity contribution in [1.82, 2.24) is 5.32 Å². The van der Waals surface area contributed by atoms with E-state index in [2.05, 4.69) is 17.4 Å². The third-order valence-corrected chi connectivity index (χ3v) is 8.35.